The standard InChI is InChI=1S/C14H28N2O2/c1-11-7-12(9-14(2,3)8-11)16-10-13(17)15-5-6-18-4/h11-12,16H,5-10H2,1-4H3,(H,15,17). The van der Waals surface area contributed by atoms with Gasteiger partial charge in [-0.05, 0) is 30.6 Å². The lowest BCUT2D eigenvalue weighted by atomic mass is 9.70. The van der Waals surface area contributed by atoms with Crippen LogP contribution in [0.25, 0.3) is 0 Å². The van der Waals surface area contributed by atoms with Gasteiger partial charge in [-0.15, -0.1) is 0 Å². The number of nitrogens with one attached hydrogen (secondary N) is 2. The Bertz CT molecular complexity index is 267. The molecule has 106 valence electrons. The third-order valence-electron chi connectivity index (χ3n) is 3.57. The maximum absolute atomic E-state index is 11.6. The summed E-state index contributed by atoms with van der Waals surface area (Å²) in [5.74, 6) is 0.797. The van der Waals surface area contributed by atoms with Crippen molar-refractivity contribution < 1.29 is 9.53 Å². The SMILES string of the molecule is COCCNC(=O)CNC1CC(C)CC(C)(C)C1. The summed E-state index contributed by atoms with van der Waals surface area (Å²) in [6.07, 6.45) is 3.61. The molecule has 0 aromatic rings. The Hall–Kier alpha value is -0.610. The molecule has 4 heteroatoms. The Balaban J connectivity index is 2.24. The molecule has 18 heavy (non-hydrogen) atoms. The van der Waals surface area contributed by atoms with Crippen LogP contribution in [-0.4, -0.2) is 38.8 Å². The summed E-state index contributed by atoms with van der Waals surface area (Å²) in [6, 6.07) is 0.469. The van der Waals surface area contributed by atoms with Gasteiger partial charge in [0.05, 0.1) is 13.2 Å². The van der Waals surface area contributed by atoms with E-state index in [9.17, 15) is 4.79 Å². The largest absolute Gasteiger partial charge is 0.383 e. The van der Waals surface area contributed by atoms with Crippen LogP contribution in [0.1, 0.15) is 40.0 Å². The highest BCUT2D eigenvalue weighted by atomic mass is 16.5. The predicted octanol–water partition coefficient (Wildman–Crippen LogP) is 1.55. The molecule has 1 fully saturated rings. The van der Waals surface area contributed by atoms with Gasteiger partial charge in [0.2, 0.25) is 5.91 Å². The van der Waals surface area contributed by atoms with Crippen LogP contribution in [0.4, 0.5) is 0 Å². The van der Waals surface area contributed by atoms with Crippen molar-refractivity contribution in [2.75, 3.05) is 26.8 Å². The van der Waals surface area contributed by atoms with Crippen molar-refractivity contribution in [2.45, 2.75) is 46.1 Å². The smallest absolute Gasteiger partial charge is 0.234 e. The number of hydrogen-bond acceptors (Lipinski definition) is 3. The number of hydrogen-bond donors (Lipinski definition) is 2. The summed E-state index contributed by atoms with van der Waals surface area (Å²) in [5, 5.41) is 6.21. The summed E-state index contributed by atoms with van der Waals surface area (Å²) in [7, 11) is 1.63. The molecule has 0 bridgehead atoms. The first kappa shape index (κ1) is 15.4. The molecule has 1 rings (SSSR count). The third-order valence-corrected chi connectivity index (χ3v) is 3.57. The van der Waals surface area contributed by atoms with Crippen LogP contribution in [0.15, 0.2) is 0 Å². The highest BCUT2D eigenvalue weighted by Gasteiger charge is 2.31. The van der Waals surface area contributed by atoms with Gasteiger partial charge in [0.15, 0.2) is 0 Å². The number of carbonyl (C=O) groups excluding carboxylic acids is 1. The molecular weight excluding hydrogens is 228 g/mol. The quantitative estimate of drug-likeness (QED) is 0.709. The monoisotopic (exact) mass is 256 g/mol. The molecule has 0 spiro atoms. The van der Waals surface area contributed by atoms with Crippen LogP contribution in [0.2, 0.25) is 0 Å². The summed E-state index contributed by atoms with van der Waals surface area (Å²) in [4.78, 5) is 11.6. The minimum atomic E-state index is 0.0584. The molecule has 0 aromatic heterocycles. The summed E-state index contributed by atoms with van der Waals surface area (Å²) < 4.78 is 4.89. The Morgan fingerprint density at radius 1 is 1.39 bits per heavy atom. The minimum absolute atomic E-state index is 0.0584. The molecule has 1 saturated carbocycles. The van der Waals surface area contributed by atoms with Crippen molar-refractivity contribution in [3.63, 3.8) is 0 Å². The van der Waals surface area contributed by atoms with Crippen molar-refractivity contribution in [2.24, 2.45) is 11.3 Å². The maximum atomic E-state index is 11.6. The van der Waals surface area contributed by atoms with Gasteiger partial charge in [0.25, 0.3) is 0 Å². The van der Waals surface area contributed by atoms with E-state index in [1.165, 1.54) is 12.8 Å². The lowest BCUT2D eigenvalue weighted by Crippen LogP contribution is -2.44. The van der Waals surface area contributed by atoms with Crippen LogP contribution in [0, 0.1) is 11.3 Å². The fraction of sp³-hybridized carbons (Fsp3) is 0.929. The fourth-order valence-corrected chi connectivity index (χ4v) is 3.09. The highest BCUT2D eigenvalue weighted by Crippen LogP contribution is 2.38. The summed E-state index contributed by atoms with van der Waals surface area (Å²) in [6.45, 7) is 8.50. The molecule has 0 aromatic carbocycles. The number of carbonyl (C=O) groups is 1. The first-order chi connectivity index (χ1) is 8.43. The van der Waals surface area contributed by atoms with Gasteiger partial charge in [0, 0.05) is 19.7 Å². The molecule has 0 radical (unpaired) electrons. The van der Waals surface area contributed by atoms with Crippen LogP contribution in [-0.2, 0) is 9.53 Å². The highest BCUT2D eigenvalue weighted by molar-refractivity contribution is 5.77. The van der Waals surface area contributed by atoms with E-state index in [1.54, 1.807) is 7.11 Å². The molecule has 0 saturated heterocycles. The maximum Gasteiger partial charge on any atom is 0.234 e. The Labute approximate surface area is 111 Å². The Morgan fingerprint density at radius 2 is 2.11 bits per heavy atom. The van der Waals surface area contributed by atoms with Crippen LogP contribution in [0.5, 0.6) is 0 Å². The van der Waals surface area contributed by atoms with E-state index in [2.05, 4.69) is 31.4 Å². The molecule has 0 heterocycles. The van der Waals surface area contributed by atoms with E-state index < -0.39 is 0 Å². The van der Waals surface area contributed by atoms with Gasteiger partial charge in [0.1, 0.15) is 0 Å². The van der Waals surface area contributed by atoms with Gasteiger partial charge in [-0.1, -0.05) is 20.8 Å². The molecular formula is C14H28N2O2. The Kier molecular flexibility index (Phi) is 6.09. The first-order valence-corrected chi connectivity index (χ1v) is 6.92. The topological polar surface area (TPSA) is 50.4 Å². The van der Waals surface area contributed by atoms with Crippen molar-refractivity contribution in [1.29, 1.82) is 0 Å². The van der Waals surface area contributed by atoms with E-state index in [1.807, 2.05) is 0 Å². The molecule has 1 aliphatic rings. The average molecular weight is 256 g/mol. The first-order valence-electron chi connectivity index (χ1n) is 6.92. The van der Waals surface area contributed by atoms with Crippen LogP contribution < -0.4 is 10.6 Å². The van der Waals surface area contributed by atoms with E-state index in [0.717, 1.165) is 12.3 Å². The van der Waals surface area contributed by atoms with E-state index in [4.69, 9.17) is 4.74 Å². The van der Waals surface area contributed by atoms with E-state index in [-0.39, 0.29) is 5.91 Å². The minimum Gasteiger partial charge on any atom is -0.383 e. The number of methoxy groups -OCH3 is 1. The van der Waals surface area contributed by atoms with Gasteiger partial charge < -0.3 is 15.4 Å². The van der Waals surface area contributed by atoms with Gasteiger partial charge in [-0.3, -0.25) is 4.79 Å². The fourth-order valence-electron chi connectivity index (χ4n) is 3.09. The number of amides is 1. The molecule has 4 nitrogen and oxygen atoms in total. The zero-order valence-electron chi connectivity index (χ0n) is 12.2. The average Bonchev–Trinajstić information content (AvgIpc) is 2.24. The zero-order chi connectivity index (χ0) is 13.6. The molecule has 1 aliphatic carbocycles. The van der Waals surface area contributed by atoms with E-state index >= 15 is 0 Å². The van der Waals surface area contributed by atoms with Gasteiger partial charge in [-0.25, -0.2) is 0 Å². The summed E-state index contributed by atoms with van der Waals surface area (Å²) in [5.41, 5.74) is 0.391. The second-order valence-electron chi connectivity index (χ2n) is 6.33. The van der Waals surface area contributed by atoms with Gasteiger partial charge in [-0.2, -0.15) is 0 Å². The van der Waals surface area contributed by atoms with Crippen molar-refractivity contribution in [1.82, 2.24) is 10.6 Å². The summed E-state index contributed by atoms with van der Waals surface area (Å²) >= 11 is 0. The molecule has 1 amide bonds. The number of rotatable bonds is 6. The van der Waals surface area contributed by atoms with Crippen molar-refractivity contribution in [3.05, 3.63) is 0 Å². The Morgan fingerprint density at radius 3 is 2.72 bits per heavy atom. The van der Waals surface area contributed by atoms with Crippen molar-refractivity contribution in [3.8, 4) is 0 Å². The number of ether oxygens (including phenoxy) is 1. The van der Waals surface area contributed by atoms with Gasteiger partial charge >= 0.3 is 0 Å². The second-order valence-corrected chi connectivity index (χ2v) is 6.33. The molecule has 0 aliphatic heterocycles. The third kappa shape index (κ3) is 5.83. The van der Waals surface area contributed by atoms with Crippen LogP contribution >= 0.6 is 0 Å². The lowest BCUT2D eigenvalue weighted by molar-refractivity contribution is -0.120. The molecule has 2 atom stereocenters. The molecule has 2 unspecified atom stereocenters. The van der Waals surface area contributed by atoms with Crippen molar-refractivity contribution >= 4 is 5.91 Å². The zero-order valence-corrected chi connectivity index (χ0v) is 12.2. The van der Waals surface area contributed by atoms with Crippen LogP contribution in [0.3, 0.4) is 0 Å². The van der Waals surface area contributed by atoms with E-state index in [0.29, 0.717) is 31.2 Å². The molecule has 2 N–H and O–H groups in total. The second kappa shape index (κ2) is 7.10. The predicted molar refractivity (Wildman–Crippen MR) is 73.5 cm³/mol. The normalized spacial score (nSPS) is 26.9. The lowest BCUT2D eigenvalue weighted by Gasteiger charge is -2.39.